The molecule has 96 valence electrons. The number of hydrogen-bond acceptors (Lipinski definition) is 4. The second kappa shape index (κ2) is 4.85. The van der Waals surface area contributed by atoms with E-state index in [0.717, 1.165) is 21.1 Å². The molecule has 0 radical (unpaired) electrons. The fourth-order valence-corrected chi connectivity index (χ4v) is 2.71. The number of aromatic amines is 1. The van der Waals surface area contributed by atoms with Crippen LogP contribution < -0.4 is 10.9 Å². The van der Waals surface area contributed by atoms with Gasteiger partial charge in [-0.1, -0.05) is 18.2 Å². The zero-order chi connectivity index (χ0) is 13.2. The molecule has 1 aromatic carbocycles. The molecule has 0 amide bonds. The maximum Gasteiger partial charge on any atom is 0.257 e. The third-order valence-electron chi connectivity index (χ3n) is 2.88. The van der Waals surface area contributed by atoms with Crippen LogP contribution in [-0.2, 0) is 6.54 Å². The lowest BCUT2D eigenvalue weighted by atomic mass is 10.2. The van der Waals surface area contributed by atoms with Crippen LogP contribution in [0.2, 0.25) is 0 Å². The maximum absolute atomic E-state index is 11.9. The van der Waals surface area contributed by atoms with Gasteiger partial charge in [-0.25, -0.2) is 4.98 Å². The Morgan fingerprint density at radius 1 is 1.37 bits per heavy atom. The second-order valence-corrected chi connectivity index (χ2v) is 5.62. The predicted molar refractivity (Wildman–Crippen MR) is 78.7 cm³/mol. The lowest BCUT2D eigenvalue weighted by molar-refractivity contribution is 1.12. The van der Waals surface area contributed by atoms with Gasteiger partial charge in [0, 0.05) is 16.5 Å². The first-order chi connectivity index (χ1) is 9.22. The summed E-state index contributed by atoms with van der Waals surface area (Å²) in [6.45, 7) is 2.64. The van der Waals surface area contributed by atoms with Crippen molar-refractivity contribution < 1.29 is 0 Å². The number of aryl methyl sites for hydroxylation is 1. The third-order valence-corrected chi connectivity index (χ3v) is 3.79. The largest absolute Gasteiger partial charge is 0.367 e. The lowest BCUT2D eigenvalue weighted by Crippen LogP contribution is -2.10. The van der Waals surface area contributed by atoms with Crippen LogP contribution in [0.3, 0.4) is 0 Å². The van der Waals surface area contributed by atoms with Gasteiger partial charge in [-0.3, -0.25) is 4.79 Å². The standard InChI is InChI=1S/C14H13N3OS/c1-9-15-7-11(19-9)8-16-13-6-10-4-2-3-5-12(10)14(18)17-13/h2-7H,8H2,1H3,(H2,16,17,18). The van der Waals surface area contributed by atoms with Gasteiger partial charge in [-0.15, -0.1) is 11.3 Å². The van der Waals surface area contributed by atoms with Crippen molar-refractivity contribution in [2.75, 3.05) is 5.32 Å². The lowest BCUT2D eigenvalue weighted by Gasteiger charge is -2.05. The zero-order valence-corrected chi connectivity index (χ0v) is 11.3. The molecule has 2 aromatic heterocycles. The molecule has 2 heterocycles. The van der Waals surface area contributed by atoms with Gasteiger partial charge in [0.15, 0.2) is 0 Å². The average Bonchev–Trinajstić information content (AvgIpc) is 2.82. The monoisotopic (exact) mass is 271 g/mol. The van der Waals surface area contributed by atoms with Crippen molar-refractivity contribution in [1.29, 1.82) is 0 Å². The van der Waals surface area contributed by atoms with Crippen LogP contribution in [0, 0.1) is 6.92 Å². The molecule has 0 saturated heterocycles. The van der Waals surface area contributed by atoms with E-state index < -0.39 is 0 Å². The number of benzene rings is 1. The van der Waals surface area contributed by atoms with Crippen LogP contribution in [0.5, 0.6) is 0 Å². The highest BCUT2D eigenvalue weighted by atomic mass is 32.1. The molecule has 19 heavy (non-hydrogen) atoms. The first-order valence-corrected chi connectivity index (χ1v) is 6.81. The van der Waals surface area contributed by atoms with Crippen LogP contribution >= 0.6 is 11.3 Å². The summed E-state index contributed by atoms with van der Waals surface area (Å²) in [5, 5.41) is 5.92. The van der Waals surface area contributed by atoms with Crippen LogP contribution in [0.15, 0.2) is 41.3 Å². The van der Waals surface area contributed by atoms with E-state index in [-0.39, 0.29) is 5.56 Å². The summed E-state index contributed by atoms with van der Waals surface area (Å²) in [5.41, 5.74) is -0.0684. The topological polar surface area (TPSA) is 57.8 Å². The number of H-pyrrole nitrogens is 1. The van der Waals surface area contributed by atoms with E-state index in [2.05, 4.69) is 15.3 Å². The molecule has 4 nitrogen and oxygen atoms in total. The van der Waals surface area contributed by atoms with Gasteiger partial charge < -0.3 is 10.3 Å². The zero-order valence-electron chi connectivity index (χ0n) is 10.4. The Morgan fingerprint density at radius 3 is 3.00 bits per heavy atom. The minimum absolute atomic E-state index is 0.0684. The molecule has 0 atom stereocenters. The third kappa shape index (κ3) is 2.51. The fraction of sp³-hybridized carbons (Fsp3) is 0.143. The van der Waals surface area contributed by atoms with Crippen LogP contribution in [0.25, 0.3) is 10.8 Å². The van der Waals surface area contributed by atoms with Crippen molar-refractivity contribution in [3.8, 4) is 0 Å². The Labute approximate surface area is 114 Å². The van der Waals surface area contributed by atoms with Gasteiger partial charge in [-0.05, 0) is 24.4 Å². The first kappa shape index (κ1) is 11.9. The molecule has 5 heteroatoms. The molecule has 0 aliphatic rings. The highest BCUT2D eigenvalue weighted by Gasteiger charge is 2.02. The van der Waals surface area contributed by atoms with Crippen LogP contribution in [0.4, 0.5) is 5.82 Å². The first-order valence-electron chi connectivity index (χ1n) is 5.99. The van der Waals surface area contributed by atoms with Crippen molar-refractivity contribution in [1.82, 2.24) is 9.97 Å². The van der Waals surface area contributed by atoms with Gasteiger partial charge in [0.25, 0.3) is 5.56 Å². The van der Waals surface area contributed by atoms with Crippen LogP contribution in [0.1, 0.15) is 9.88 Å². The summed E-state index contributed by atoms with van der Waals surface area (Å²) in [4.78, 5) is 20.1. The van der Waals surface area contributed by atoms with Crippen molar-refractivity contribution in [3.05, 3.63) is 56.8 Å². The quantitative estimate of drug-likeness (QED) is 0.770. The highest BCUT2D eigenvalue weighted by Crippen LogP contribution is 2.15. The second-order valence-electron chi connectivity index (χ2n) is 4.30. The molecular formula is C14H13N3OS. The number of fused-ring (bicyclic) bond motifs is 1. The summed E-state index contributed by atoms with van der Waals surface area (Å²) in [5.74, 6) is 0.731. The molecule has 0 saturated carbocycles. The molecule has 0 fully saturated rings. The molecule has 0 aliphatic carbocycles. The van der Waals surface area contributed by atoms with Gasteiger partial charge in [0.1, 0.15) is 5.82 Å². The molecule has 3 rings (SSSR count). The summed E-state index contributed by atoms with van der Waals surface area (Å²) >= 11 is 1.65. The van der Waals surface area contributed by atoms with Crippen molar-refractivity contribution >= 4 is 27.9 Å². The Kier molecular flexibility index (Phi) is 3.05. The van der Waals surface area contributed by atoms with E-state index in [4.69, 9.17) is 0 Å². The number of hydrogen-bond donors (Lipinski definition) is 2. The van der Waals surface area contributed by atoms with Gasteiger partial charge in [0.05, 0.1) is 11.6 Å². The van der Waals surface area contributed by atoms with E-state index in [1.165, 1.54) is 0 Å². The van der Waals surface area contributed by atoms with E-state index in [9.17, 15) is 4.79 Å². The van der Waals surface area contributed by atoms with Crippen LogP contribution in [-0.4, -0.2) is 9.97 Å². The Hall–Kier alpha value is -2.14. The summed E-state index contributed by atoms with van der Waals surface area (Å²) in [6.07, 6.45) is 1.85. The van der Waals surface area contributed by atoms with Crippen molar-refractivity contribution in [2.45, 2.75) is 13.5 Å². The number of aromatic nitrogens is 2. The number of pyridine rings is 1. The highest BCUT2D eigenvalue weighted by molar-refractivity contribution is 7.11. The van der Waals surface area contributed by atoms with Gasteiger partial charge >= 0.3 is 0 Å². The van der Waals surface area contributed by atoms with Gasteiger partial charge in [-0.2, -0.15) is 0 Å². The van der Waals surface area contributed by atoms with E-state index >= 15 is 0 Å². The smallest absolute Gasteiger partial charge is 0.257 e. The predicted octanol–water partition coefficient (Wildman–Crippen LogP) is 2.91. The summed E-state index contributed by atoms with van der Waals surface area (Å²) in [7, 11) is 0. The minimum Gasteiger partial charge on any atom is -0.367 e. The number of rotatable bonds is 3. The Balaban J connectivity index is 1.87. The van der Waals surface area contributed by atoms with E-state index in [1.54, 1.807) is 11.3 Å². The molecular weight excluding hydrogens is 258 g/mol. The number of anilines is 1. The maximum atomic E-state index is 11.9. The Bertz CT molecular complexity index is 775. The van der Waals surface area contributed by atoms with Gasteiger partial charge in [0.2, 0.25) is 0 Å². The number of thiazole rings is 1. The van der Waals surface area contributed by atoms with Crippen molar-refractivity contribution in [2.24, 2.45) is 0 Å². The summed E-state index contributed by atoms with van der Waals surface area (Å²) in [6, 6.07) is 9.50. The fourth-order valence-electron chi connectivity index (χ4n) is 1.98. The normalized spacial score (nSPS) is 10.8. The molecule has 0 spiro atoms. The molecule has 0 aliphatic heterocycles. The van der Waals surface area contributed by atoms with E-state index in [0.29, 0.717) is 11.9 Å². The molecule has 2 N–H and O–H groups in total. The molecule has 0 unspecified atom stereocenters. The van der Waals surface area contributed by atoms with Crippen molar-refractivity contribution in [3.63, 3.8) is 0 Å². The summed E-state index contributed by atoms with van der Waals surface area (Å²) < 4.78 is 0. The Morgan fingerprint density at radius 2 is 2.21 bits per heavy atom. The number of nitrogens with one attached hydrogen (secondary N) is 2. The SMILES string of the molecule is Cc1ncc(CNc2cc3ccccc3c(=O)[nH]2)s1. The average molecular weight is 271 g/mol. The minimum atomic E-state index is -0.0684. The molecule has 3 aromatic rings. The molecule has 0 bridgehead atoms. The number of nitrogens with zero attached hydrogens (tertiary/aromatic N) is 1. The van der Waals surface area contributed by atoms with E-state index in [1.807, 2.05) is 43.5 Å².